The van der Waals surface area contributed by atoms with Gasteiger partial charge in [0.15, 0.2) is 0 Å². The van der Waals surface area contributed by atoms with Gasteiger partial charge in [-0.1, -0.05) is 31.2 Å². The Balaban J connectivity index is 2.17. The molecule has 16 heavy (non-hydrogen) atoms. The zero-order valence-electron chi connectivity index (χ0n) is 9.39. The fourth-order valence-electron chi connectivity index (χ4n) is 1.91. The molecule has 1 N–H and O–H groups in total. The summed E-state index contributed by atoms with van der Waals surface area (Å²) in [5.41, 5.74) is 2.20. The molecule has 1 heterocycles. The molecule has 0 radical (unpaired) electrons. The van der Waals surface area contributed by atoms with E-state index < -0.39 is 6.10 Å². The van der Waals surface area contributed by atoms with Gasteiger partial charge in [0.05, 0.1) is 12.4 Å². The van der Waals surface area contributed by atoms with Gasteiger partial charge in [-0.15, -0.1) is 0 Å². The second-order valence-corrected chi connectivity index (χ2v) is 3.85. The van der Waals surface area contributed by atoms with Crippen molar-refractivity contribution in [2.75, 3.05) is 0 Å². The zero-order chi connectivity index (χ0) is 11.4. The van der Waals surface area contributed by atoms with E-state index in [9.17, 15) is 5.11 Å². The van der Waals surface area contributed by atoms with Gasteiger partial charge in [-0.3, -0.25) is 0 Å². The number of benzene rings is 1. The van der Waals surface area contributed by atoms with Gasteiger partial charge < -0.3 is 9.52 Å². The molecule has 0 fully saturated rings. The first-order valence-electron chi connectivity index (χ1n) is 5.59. The highest BCUT2D eigenvalue weighted by Gasteiger charge is 2.12. The SMILES string of the molecule is CCc1ccccc1C(O)Cc1ccco1. The Bertz CT molecular complexity index is 432. The van der Waals surface area contributed by atoms with E-state index >= 15 is 0 Å². The Morgan fingerprint density at radius 1 is 1.19 bits per heavy atom. The second-order valence-electron chi connectivity index (χ2n) is 3.85. The van der Waals surface area contributed by atoms with E-state index in [1.54, 1.807) is 6.26 Å². The lowest BCUT2D eigenvalue weighted by atomic mass is 9.98. The summed E-state index contributed by atoms with van der Waals surface area (Å²) in [7, 11) is 0. The van der Waals surface area contributed by atoms with Crippen LogP contribution in [0.1, 0.15) is 29.9 Å². The average molecular weight is 216 g/mol. The van der Waals surface area contributed by atoms with E-state index in [0.29, 0.717) is 6.42 Å². The summed E-state index contributed by atoms with van der Waals surface area (Å²) in [6.07, 6.45) is 2.62. The fraction of sp³-hybridized carbons (Fsp3) is 0.286. The Kier molecular flexibility index (Phi) is 3.42. The van der Waals surface area contributed by atoms with E-state index in [1.165, 1.54) is 5.56 Å². The summed E-state index contributed by atoms with van der Waals surface area (Å²) in [6, 6.07) is 11.7. The topological polar surface area (TPSA) is 33.4 Å². The zero-order valence-corrected chi connectivity index (χ0v) is 9.39. The summed E-state index contributed by atoms with van der Waals surface area (Å²) >= 11 is 0. The summed E-state index contributed by atoms with van der Waals surface area (Å²) < 4.78 is 5.24. The van der Waals surface area contributed by atoms with E-state index in [1.807, 2.05) is 30.3 Å². The van der Waals surface area contributed by atoms with Crippen LogP contribution < -0.4 is 0 Å². The standard InChI is InChI=1S/C14H16O2/c1-2-11-6-3-4-8-13(11)14(15)10-12-7-5-9-16-12/h3-9,14-15H,2,10H2,1H3. The van der Waals surface area contributed by atoms with Crippen LogP contribution in [-0.2, 0) is 12.8 Å². The quantitative estimate of drug-likeness (QED) is 0.851. The van der Waals surface area contributed by atoms with E-state index in [0.717, 1.165) is 17.7 Å². The highest BCUT2D eigenvalue weighted by molar-refractivity contribution is 5.29. The van der Waals surface area contributed by atoms with Crippen molar-refractivity contribution in [1.29, 1.82) is 0 Å². The molecular weight excluding hydrogens is 200 g/mol. The van der Waals surface area contributed by atoms with Gasteiger partial charge >= 0.3 is 0 Å². The number of furan rings is 1. The van der Waals surface area contributed by atoms with Gasteiger partial charge in [0.2, 0.25) is 0 Å². The maximum atomic E-state index is 10.1. The molecule has 0 aliphatic carbocycles. The van der Waals surface area contributed by atoms with Gasteiger partial charge in [0, 0.05) is 6.42 Å². The summed E-state index contributed by atoms with van der Waals surface area (Å²) in [4.78, 5) is 0. The molecule has 0 aliphatic heterocycles. The molecule has 1 atom stereocenters. The first-order valence-corrected chi connectivity index (χ1v) is 5.59. The van der Waals surface area contributed by atoms with Crippen molar-refractivity contribution in [1.82, 2.24) is 0 Å². The highest BCUT2D eigenvalue weighted by Crippen LogP contribution is 2.22. The molecule has 1 unspecified atom stereocenters. The van der Waals surface area contributed by atoms with Crippen LogP contribution in [-0.4, -0.2) is 5.11 Å². The minimum absolute atomic E-state index is 0.484. The maximum absolute atomic E-state index is 10.1. The van der Waals surface area contributed by atoms with Crippen molar-refractivity contribution >= 4 is 0 Å². The third-order valence-corrected chi connectivity index (χ3v) is 2.77. The fourth-order valence-corrected chi connectivity index (χ4v) is 1.91. The lowest BCUT2D eigenvalue weighted by Crippen LogP contribution is -2.04. The molecule has 2 nitrogen and oxygen atoms in total. The first-order chi connectivity index (χ1) is 7.81. The number of hydrogen-bond acceptors (Lipinski definition) is 2. The number of rotatable bonds is 4. The molecule has 84 valence electrons. The van der Waals surface area contributed by atoms with Gasteiger partial charge in [-0.2, -0.15) is 0 Å². The van der Waals surface area contributed by atoms with Crippen molar-refractivity contribution < 1.29 is 9.52 Å². The molecule has 2 heteroatoms. The minimum Gasteiger partial charge on any atom is -0.469 e. The molecule has 0 saturated carbocycles. The Morgan fingerprint density at radius 2 is 2.00 bits per heavy atom. The normalized spacial score (nSPS) is 12.6. The van der Waals surface area contributed by atoms with Crippen LogP contribution in [0.5, 0.6) is 0 Å². The van der Waals surface area contributed by atoms with Crippen LogP contribution in [0.15, 0.2) is 47.1 Å². The van der Waals surface area contributed by atoms with Crippen molar-refractivity contribution in [3.8, 4) is 0 Å². The van der Waals surface area contributed by atoms with E-state index in [2.05, 4.69) is 13.0 Å². The van der Waals surface area contributed by atoms with Crippen LogP contribution in [0.2, 0.25) is 0 Å². The Morgan fingerprint density at radius 3 is 2.69 bits per heavy atom. The predicted molar refractivity (Wildman–Crippen MR) is 63.2 cm³/mol. The van der Waals surface area contributed by atoms with Gasteiger partial charge in [-0.25, -0.2) is 0 Å². The van der Waals surface area contributed by atoms with Crippen molar-refractivity contribution in [3.05, 3.63) is 59.5 Å². The monoisotopic (exact) mass is 216 g/mol. The van der Waals surface area contributed by atoms with Crippen LogP contribution in [0.25, 0.3) is 0 Å². The van der Waals surface area contributed by atoms with Crippen molar-refractivity contribution in [2.24, 2.45) is 0 Å². The maximum Gasteiger partial charge on any atom is 0.106 e. The van der Waals surface area contributed by atoms with Gasteiger partial charge in [0.25, 0.3) is 0 Å². The minimum atomic E-state index is -0.484. The predicted octanol–water partition coefficient (Wildman–Crippen LogP) is 3.12. The molecule has 0 aliphatic rings. The van der Waals surface area contributed by atoms with Gasteiger partial charge in [-0.05, 0) is 29.7 Å². The molecule has 0 amide bonds. The van der Waals surface area contributed by atoms with Crippen molar-refractivity contribution in [3.63, 3.8) is 0 Å². The largest absolute Gasteiger partial charge is 0.469 e. The molecule has 0 bridgehead atoms. The number of aliphatic hydroxyl groups is 1. The summed E-state index contributed by atoms with van der Waals surface area (Å²) in [5, 5.41) is 10.1. The molecule has 2 aromatic rings. The Hall–Kier alpha value is -1.54. The lowest BCUT2D eigenvalue weighted by Gasteiger charge is -2.13. The third kappa shape index (κ3) is 2.34. The Labute approximate surface area is 95.5 Å². The van der Waals surface area contributed by atoms with Crippen LogP contribution in [0.4, 0.5) is 0 Å². The van der Waals surface area contributed by atoms with Crippen LogP contribution in [0.3, 0.4) is 0 Å². The third-order valence-electron chi connectivity index (χ3n) is 2.77. The van der Waals surface area contributed by atoms with Crippen LogP contribution in [0, 0.1) is 0 Å². The molecule has 2 rings (SSSR count). The van der Waals surface area contributed by atoms with E-state index in [-0.39, 0.29) is 0 Å². The first kappa shape index (κ1) is 11.0. The molecular formula is C14H16O2. The number of hydrogen-bond donors (Lipinski definition) is 1. The summed E-state index contributed by atoms with van der Waals surface area (Å²) in [6.45, 7) is 2.10. The molecule has 1 aromatic heterocycles. The summed E-state index contributed by atoms with van der Waals surface area (Å²) in [5.74, 6) is 0.818. The number of aliphatic hydroxyl groups excluding tert-OH is 1. The average Bonchev–Trinajstić information content (AvgIpc) is 2.81. The van der Waals surface area contributed by atoms with Crippen molar-refractivity contribution in [2.45, 2.75) is 25.9 Å². The van der Waals surface area contributed by atoms with Gasteiger partial charge in [0.1, 0.15) is 5.76 Å². The highest BCUT2D eigenvalue weighted by atomic mass is 16.3. The molecule has 0 saturated heterocycles. The number of aryl methyl sites for hydroxylation is 1. The lowest BCUT2D eigenvalue weighted by molar-refractivity contribution is 0.169. The molecule has 0 spiro atoms. The molecule has 1 aromatic carbocycles. The smallest absolute Gasteiger partial charge is 0.106 e. The van der Waals surface area contributed by atoms with Crippen LogP contribution >= 0.6 is 0 Å². The second kappa shape index (κ2) is 4.99. The van der Waals surface area contributed by atoms with E-state index in [4.69, 9.17) is 4.42 Å².